The predicted octanol–water partition coefficient (Wildman–Crippen LogP) is 2.49. The van der Waals surface area contributed by atoms with Crippen LogP contribution in [-0.2, 0) is 0 Å². The number of imidazole rings is 1. The molecular formula is C18H17N7O2. The van der Waals surface area contributed by atoms with Crippen LogP contribution in [0.5, 0.6) is 0 Å². The highest BCUT2D eigenvalue weighted by atomic mass is 16.4. The fraction of sp³-hybridized carbons (Fsp3) is 0.278. The van der Waals surface area contributed by atoms with Gasteiger partial charge in [-0.25, -0.2) is 19.7 Å². The topological polar surface area (TPSA) is 143 Å². The summed E-state index contributed by atoms with van der Waals surface area (Å²) >= 11 is 0. The van der Waals surface area contributed by atoms with Crippen LogP contribution in [0.4, 0.5) is 11.6 Å². The van der Waals surface area contributed by atoms with Gasteiger partial charge < -0.3 is 20.7 Å². The van der Waals surface area contributed by atoms with Crippen LogP contribution in [0, 0.1) is 11.3 Å². The molecule has 0 amide bonds. The summed E-state index contributed by atoms with van der Waals surface area (Å²) in [7, 11) is 0. The van der Waals surface area contributed by atoms with E-state index in [4.69, 9.17) is 5.73 Å². The molecule has 1 atom stereocenters. The number of nitrogens with one attached hydrogen (secondary N) is 1. The smallest absolute Gasteiger partial charge is 0.337 e. The summed E-state index contributed by atoms with van der Waals surface area (Å²) in [5, 5.41) is 22.0. The number of carboxylic acid groups (broad SMARTS) is 1. The summed E-state index contributed by atoms with van der Waals surface area (Å²) in [6, 6.07) is 6.99. The summed E-state index contributed by atoms with van der Waals surface area (Å²) in [5.41, 5.74) is 7.41. The van der Waals surface area contributed by atoms with E-state index in [0.29, 0.717) is 22.7 Å². The number of fused-ring (bicyclic) bond motifs is 1. The molecule has 2 aromatic heterocycles. The number of nitrogens with two attached hydrogens (primary N) is 1. The predicted molar refractivity (Wildman–Crippen MR) is 98.2 cm³/mol. The molecule has 1 fully saturated rings. The van der Waals surface area contributed by atoms with Gasteiger partial charge in [0.1, 0.15) is 35.4 Å². The standard InChI is InChI=1S/C18H17N7O2/c1-9(23-16-12(7-19)15(20)21-8-22-16)17-24-13-4-2-3-11(18(26)27)14(13)25(17)10-5-6-10/h2-4,8-10H,5-6H2,1H3,(H,26,27)(H3,20,21,22,23). The monoisotopic (exact) mass is 363 g/mol. The van der Waals surface area contributed by atoms with Gasteiger partial charge in [0.2, 0.25) is 0 Å². The Labute approximate surface area is 154 Å². The Balaban J connectivity index is 1.81. The van der Waals surface area contributed by atoms with Crippen molar-refractivity contribution < 1.29 is 9.90 Å². The Morgan fingerprint density at radius 3 is 2.89 bits per heavy atom. The van der Waals surface area contributed by atoms with Crippen LogP contribution in [0.3, 0.4) is 0 Å². The maximum atomic E-state index is 11.7. The Morgan fingerprint density at radius 2 is 2.22 bits per heavy atom. The fourth-order valence-corrected chi connectivity index (χ4v) is 3.24. The van der Waals surface area contributed by atoms with Crippen molar-refractivity contribution in [2.45, 2.75) is 31.8 Å². The van der Waals surface area contributed by atoms with E-state index in [1.54, 1.807) is 18.2 Å². The number of hydrogen-bond acceptors (Lipinski definition) is 7. The Kier molecular flexibility index (Phi) is 3.88. The van der Waals surface area contributed by atoms with E-state index in [-0.39, 0.29) is 29.0 Å². The van der Waals surface area contributed by atoms with Crippen molar-refractivity contribution in [3.63, 3.8) is 0 Å². The first-order valence-corrected chi connectivity index (χ1v) is 8.52. The van der Waals surface area contributed by atoms with Crippen LogP contribution in [0.15, 0.2) is 24.5 Å². The molecule has 4 rings (SSSR count). The molecule has 9 nitrogen and oxygen atoms in total. The number of carbonyl (C=O) groups is 1. The summed E-state index contributed by atoms with van der Waals surface area (Å²) < 4.78 is 1.99. The molecule has 1 aliphatic carbocycles. The van der Waals surface area contributed by atoms with Gasteiger partial charge in [-0.2, -0.15) is 5.26 Å². The number of nitrogen functional groups attached to an aromatic ring is 1. The molecule has 136 valence electrons. The van der Waals surface area contributed by atoms with E-state index in [0.717, 1.165) is 12.8 Å². The molecule has 0 spiro atoms. The van der Waals surface area contributed by atoms with Crippen LogP contribution in [0.1, 0.15) is 53.6 Å². The minimum Gasteiger partial charge on any atom is -0.478 e. The van der Waals surface area contributed by atoms with Crippen LogP contribution >= 0.6 is 0 Å². The maximum Gasteiger partial charge on any atom is 0.337 e. The number of para-hydroxylation sites is 1. The highest BCUT2D eigenvalue weighted by Gasteiger charge is 2.32. The van der Waals surface area contributed by atoms with Crippen molar-refractivity contribution in [3.8, 4) is 6.07 Å². The third-order valence-corrected chi connectivity index (χ3v) is 4.61. The zero-order valence-electron chi connectivity index (χ0n) is 14.5. The third-order valence-electron chi connectivity index (χ3n) is 4.61. The van der Waals surface area contributed by atoms with Crippen molar-refractivity contribution in [1.82, 2.24) is 19.5 Å². The number of aromatic carboxylic acids is 1. The lowest BCUT2D eigenvalue weighted by Crippen LogP contribution is -2.16. The van der Waals surface area contributed by atoms with E-state index in [9.17, 15) is 15.2 Å². The molecule has 9 heteroatoms. The lowest BCUT2D eigenvalue weighted by atomic mass is 10.2. The second-order valence-corrected chi connectivity index (χ2v) is 6.51. The van der Waals surface area contributed by atoms with E-state index in [1.807, 2.05) is 17.6 Å². The average Bonchev–Trinajstić information content (AvgIpc) is 3.40. The summed E-state index contributed by atoms with van der Waals surface area (Å²) in [5.74, 6) is 0.142. The van der Waals surface area contributed by atoms with Gasteiger partial charge in [-0.1, -0.05) is 6.07 Å². The van der Waals surface area contributed by atoms with Crippen molar-refractivity contribution in [1.29, 1.82) is 5.26 Å². The molecule has 0 radical (unpaired) electrons. The van der Waals surface area contributed by atoms with Crippen molar-refractivity contribution in [2.24, 2.45) is 0 Å². The van der Waals surface area contributed by atoms with Gasteiger partial charge >= 0.3 is 5.97 Å². The van der Waals surface area contributed by atoms with Crippen molar-refractivity contribution in [2.75, 3.05) is 11.1 Å². The minimum atomic E-state index is -0.982. The first-order chi connectivity index (χ1) is 13.0. The molecule has 1 unspecified atom stereocenters. The molecule has 4 N–H and O–H groups in total. The lowest BCUT2D eigenvalue weighted by molar-refractivity contribution is 0.0698. The fourth-order valence-electron chi connectivity index (χ4n) is 3.24. The Bertz CT molecular complexity index is 1100. The van der Waals surface area contributed by atoms with Gasteiger partial charge in [0.05, 0.1) is 22.6 Å². The summed E-state index contributed by atoms with van der Waals surface area (Å²) in [6.45, 7) is 1.89. The normalized spacial score (nSPS) is 14.7. The average molecular weight is 363 g/mol. The number of rotatable bonds is 5. The first kappa shape index (κ1) is 16.8. The highest BCUT2D eigenvalue weighted by Crippen LogP contribution is 2.41. The second kappa shape index (κ2) is 6.25. The Morgan fingerprint density at radius 1 is 1.44 bits per heavy atom. The van der Waals surface area contributed by atoms with Gasteiger partial charge in [0, 0.05) is 6.04 Å². The summed E-state index contributed by atoms with van der Waals surface area (Å²) in [4.78, 5) is 24.3. The molecule has 1 saturated carbocycles. The molecule has 1 aliphatic rings. The van der Waals surface area contributed by atoms with E-state index >= 15 is 0 Å². The number of carboxylic acids is 1. The number of nitriles is 1. The highest BCUT2D eigenvalue weighted by molar-refractivity contribution is 6.01. The van der Waals surface area contributed by atoms with Gasteiger partial charge in [-0.15, -0.1) is 0 Å². The molecule has 0 bridgehead atoms. The summed E-state index contributed by atoms with van der Waals surface area (Å²) in [6.07, 6.45) is 3.24. The number of anilines is 2. The van der Waals surface area contributed by atoms with Crippen LogP contribution in [0.2, 0.25) is 0 Å². The SMILES string of the molecule is CC(Nc1ncnc(N)c1C#N)c1nc2cccc(C(=O)O)c2n1C1CC1. The third kappa shape index (κ3) is 2.81. The first-order valence-electron chi connectivity index (χ1n) is 8.52. The minimum absolute atomic E-state index is 0.103. The zero-order chi connectivity index (χ0) is 19.1. The molecule has 1 aromatic carbocycles. The zero-order valence-corrected chi connectivity index (χ0v) is 14.5. The van der Waals surface area contributed by atoms with E-state index in [1.165, 1.54) is 6.33 Å². The van der Waals surface area contributed by atoms with Crippen molar-refractivity contribution in [3.05, 3.63) is 41.5 Å². The Hall–Kier alpha value is -3.67. The van der Waals surface area contributed by atoms with Gasteiger partial charge in [0.25, 0.3) is 0 Å². The number of benzene rings is 1. The molecule has 27 heavy (non-hydrogen) atoms. The molecular weight excluding hydrogens is 346 g/mol. The van der Waals surface area contributed by atoms with Crippen LogP contribution < -0.4 is 11.1 Å². The molecule has 0 aliphatic heterocycles. The van der Waals surface area contributed by atoms with E-state index in [2.05, 4.69) is 20.3 Å². The van der Waals surface area contributed by atoms with Crippen LogP contribution in [-0.4, -0.2) is 30.6 Å². The van der Waals surface area contributed by atoms with Crippen molar-refractivity contribution >= 4 is 28.6 Å². The maximum absolute atomic E-state index is 11.7. The largest absolute Gasteiger partial charge is 0.478 e. The quantitative estimate of drug-likeness (QED) is 0.627. The molecule has 2 heterocycles. The number of nitrogens with zero attached hydrogens (tertiary/aromatic N) is 5. The number of hydrogen-bond donors (Lipinski definition) is 3. The van der Waals surface area contributed by atoms with E-state index < -0.39 is 5.97 Å². The van der Waals surface area contributed by atoms with Gasteiger partial charge in [0.15, 0.2) is 0 Å². The number of aromatic nitrogens is 4. The lowest BCUT2D eigenvalue weighted by Gasteiger charge is -2.17. The second-order valence-electron chi connectivity index (χ2n) is 6.51. The molecule has 0 saturated heterocycles. The molecule has 3 aromatic rings. The van der Waals surface area contributed by atoms with Gasteiger partial charge in [-0.05, 0) is 31.9 Å². The van der Waals surface area contributed by atoms with Crippen LogP contribution in [0.25, 0.3) is 11.0 Å². The van der Waals surface area contributed by atoms with Gasteiger partial charge in [-0.3, -0.25) is 0 Å².